The summed E-state index contributed by atoms with van der Waals surface area (Å²) in [4.78, 5) is 23.9. The quantitative estimate of drug-likeness (QED) is 0.901. The summed E-state index contributed by atoms with van der Waals surface area (Å²) in [5, 5.41) is 11.0. The van der Waals surface area contributed by atoms with Crippen LogP contribution in [0.15, 0.2) is 12.1 Å². The molecule has 1 aromatic carbocycles. The second-order valence-electron chi connectivity index (χ2n) is 5.66. The number of carbonyl (C=O) groups is 2. The normalized spacial score (nSPS) is 11.1. The number of nitrogens with zero attached hydrogens (tertiary/aromatic N) is 1. The fourth-order valence-corrected chi connectivity index (χ4v) is 1.67. The van der Waals surface area contributed by atoms with Crippen LogP contribution in [0.4, 0.5) is 19.3 Å². The van der Waals surface area contributed by atoms with Gasteiger partial charge in [-0.2, -0.15) is 0 Å². The van der Waals surface area contributed by atoms with Gasteiger partial charge in [-0.15, -0.1) is 0 Å². The highest BCUT2D eigenvalue weighted by molar-refractivity contribution is 5.92. The first kappa shape index (κ1) is 16.9. The van der Waals surface area contributed by atoms with Crippen molar-refractivity contribution in [2.75, 3.05) is 11.9 Å². The molecule has 1 aromatic rings. The minimum Gasteiger partial charge on any atom is -0.480 e. The van der Waals surface area contributed by atoms with Gasteiger partial charge in [0.1, 0.15) is 18.2 Å². The van der Waals surface area contributed by atoms with Gasteiger partial charge in [0.05, 0.1) is 5.69 Å². The van der Waals surface area contributed by atoms with Crippen LogP contribution in [-0.2, 0) is 4.79 Å². The van der Waals surface area contributed by atoms with E-state index >= 15 is 0 Å². The molecule has 0 heterocycles. The third-order valence-electron chi connectivity index (χ3n) is 2.84. The molecule has 0 aliphatic heterocycles. The summed E-state index contributed by atoms with van der Waals surface area (Å²) >= 11 is 0. The number of aryl methyl sites for hydroxylation is 1. The van der Waals surface area contributed by atoms with Crippen LogP contribution in [0.25, 0.3) is 0 Å². The summed E-state index contributed by atoms with van der Waals surface area (Å²) in [6.45, 7) is 5.77. The Morgan fingerprint density at radius 2 is 1.81 bits per heavy atom. The minimum atomic E-state index is -1.20. The monoisotopic (exact) mass is 300 g/mol. The molecule has 0 unspecified atom stereocenters. The minimum absolute atomic E-state index is 0.115. The second kappa shape index (κ2) is 6.07. The molecular formula is C14H18F2N2O3. The van der Waals surface area contributed by atoms with Gasteiger partial charge in [0.2, 0.25) is 0 Å². The molecule has 0 radical (unpaired) electrons. The van der Waals surface area contributed by atoms with Crippen LogP contribution in [0, 0.1) is 18.6 Å². The SMILES string of the molecule is Cc1cc(F)c(NC(=O)N(CC(=O)O)C(C)(C)C)cc1F. The van der Waals surface area contributed by atoms with E-state index in [0.29, 0.717) is 0 Å². The third kappa shape index (κ3) is 4.40. The first-order valence-electron chi connectivity index (χ1n) is 6.28. The predicted molar refractivity (Wildman–Crippen MR) is 74.2 cm³/mol. The maximum Gasteiger partial charge on any atom is 0.323 e. The molecule has 0 saturated heterocycles. The van der Waals surface area contributed by atoms with Crippen molar-refractivity contribution >= 4 is 17.7 Å². The lowest BCUT2D eigenvalue weighted by Crippen LogP contribution is -2.50. The molecule has 2 N–H and O–H groups in total. The number of carbonyl (C=O) groups excluding carboxylic acids is 1. The Morgan fingerprint density at radius 1 is 1.24 bits per heavy atom. The largest absolute Gasteiger partial charge is 0.480 e. The molecule has 116 valence electrons. The smallest absolute Gasteiger partial charge is 0.323 e. The van der Waals surface area contributed by atoms with Gasteiger partial charge in [0, 0.05) is 11.6 Å². The number of hydrogen-bond acceptors (Lipinski definition) is 2. The topological polar surface area (TPSA) is 69.6 Å². The molecule has 0 fully saturated rings. The van der Waals surface area contributed by atoms with E-state index in [1.807, 2.05) is 0 Å². The number of urea groups is 1. The maximum absolute atomic E-state index is 13.7. The highest BCUT2D eigenvalue weighted by atomic mass is 19.1. The van der Waals surface area contributed by atoms with E-state index in [-0.39, 0.29) is 11.3 Å². The van der Waals surface area contributed by atoms with Crippen molar-refractivity contribution < 1.29 is 23.5 Å². The average Bonchev–Trinajstić information content (AvgIpc) is 2.31. The van der Waals surface area contributed by atoms with Crippen LogP contribution in [0.5, 0.6) is 0 Å². The Morgan fingerprint density at radius 3 is 2.29 bits per heavy atom. The van der Waals surface area contributed by atoms with Crippen LogP contribution in [0.2, 0.25) is 0 Å². The number of carboxylic acids is 1. The number of hydrogen-bond donors (Lipinski definition) is 2. The second-order valence-corrected chi connectivity index (χ2v) is 5.66. The zero-order valence-electron chi connectivity index (χ0n) is 12.3. The molecule has 7 heteroatoms. The van der Waals surface area contributed by atoms with Crippen molar-refractivity contribution in [3.8, 4) is 0 Å². The molecule has 0 aromatic heterocycles. The standard InChI is InChI=1S/C14H18F2N2O3/c1-8-5-10(16)11(6-9(8)15)17-13(21)18(7-12(19)20)14(2,3)4/h5-6H,7H2,1-4H3,(H,17,21)(H,19,20). The van der Waals surface area contributed by atoms with E-state index in [0.717, 1.165) is 17.0 Å². The lowest BCUT2D eigenvalue weighted by molar-refractivity contribution is -0.138. The van der Waals surface area contributed by atoms with Gasteiger partial charge in [0.15, 0.2) is 0 Å². The van der Waals surface area contributed by atoms with Crippen molar-refractivity contribution in [1.82, 2.24) is 4.90 Å². The van der Waals surface area contributed by atoms with Crippen LogP contribution in [-0.4, -0.2) is 34.1 Å². The fraction of sp³-hybridized carbons (Fsp3) is 0.429. The van der Waals surface area contributed by atoms with Crippen LogP contribution in [0.1, 0.15) is 26.3 Å². The zero-order chi connectivity index (χ0) is 16.4. The summed E-state index contributed by atoms with van der Waals surface area (Å²) < 4.78 is 27.1. The number of amides is 2. The van der Waals surface area contributed by atoms with Gasteiger partial charge < -0.3 is 15.3 Å². The van der Waals surface area contributed by atoms with E-state index in [9.17, 15) is 18.4 Å². The molecule has 0 aliphatic carbocycles. The molecule has 0 bridgehead atoms. The highest BCUT2D eigenvalue weighted by Crippen LogP contribution is 2.21. The molecule has 0 saturated carbocycles. The van der Waals surface area contributed by atoms with E-state index in [1.165, 1.54) is 6.92 Å². The van der Waals surface area contributed by atoms with E-state index in [1.54, 1.807) is 20.8 Å². The first-order chi connectivity index (χ1) is 9.52. The van der Waals surface area contributed by atoms with Crippen LogP contribution in [0.3, 0.4) is 0 Å². The molecule has 1 rings (SSSR count). The van der Waals surface area contributed by atoms with Gasteiger partial charge in [-0.1, -0.05) is 0 Å². The Labute approximate surface area is 121 Å². The maximum atomic E-state index is 13.7. The van der Waals surface area contributed by atoms with Gasteiger partial charge >= 0.3 is 12.0 Å². The third-order valence-corrected chi connectivity index (χ3v) is 2.84. The average molecular weight is 300 g/mol. The predicted octanol–water partition coefficient (Wildman–Crippen LogP) is 2.99. The Balaban J connectivity index is 3.02. The van der Waals surface area contributed by atoms with Crippen molar-refractivity contribution in [1.29, 1.82) is 0 Å². The molecule has 0 spiro atoms. The summed E-state index contributed by atoms with van der Waals surface area (Å²) in [6.07, 6.45) is 0. The lowest BCUT2D eigenvalue weighted by Gasteiger charge is -2.34. The van der Waals surface area contributed by atoms with Crippen molar-refractivity contribution in [2.24, 2.45) is 0 Å². The number of benzene rings is 1. The number of anilines is 1. The summed E-state index contributed by atoms with van der Waals surface area (Å²) in [5.41, 5.74) is -1.01. The number of carboxylic acid groups (broad SMARTS) is 1. The molecular weight excluding hydrogens is 282 g/mol. The van der Waals surface area contributed by atoms with Crippen molar-refractivity contribution in [3.63, 3.8) is 0 Å². The van der Waals surface area contributed by atoms with E-state index in [2.05, 4.69) is 5.32 Å². The molecule has 2 amide bonds. The van der Waals surface area contributed by atoms with E-state index < -0.39 is 35.7 Å². The highest BCUT2D eigenvalue weighted by Gasteiger charge is 2.29. The Bertz CT molecular complexity index is 568. The number of rotatable bonds is 3. The van der Waals surface area contributed by atoms with Crippen molar-refractivity contribution in [2.45, 2.75) is 33.2 Å². The van der Waals surface area contributed by atoms with Crippen LogP contribution < -0.4 is 5.32 Å². The van der Waals surface area contributed by atoms with E-state index in [4.69, 9.17) is 5.11 Å². The van der Waals surface area contributed by atoms with Gasteiger partial charge in [-0.05, 0) is 39.3 Å². The van der Waals surface area contributed by atoms with Gasteiger partial charge in [-0.3, -0.25) is 4.79 Å². The summed E-state index contributed by atoms with van der Waals surface area (Å²) in [5.74, 6) is -2.64. The number of aliphatic carboxylic acids is 1. The van der Waals surface area contributed by atoms with Crippen LogP contribution >= 0.6 is 0 Å². The molecule has 21 heavy (non-hydrogen) atoms. The van der Waals surface area contributed by atoms with Crippen molar-refractivity contribution in [3.05, 3.63) is 29.3 Å². The summed E-state index contributed by atoms with van der Waals surface area (Å²) in [6, 6.07) is 1.01. The van der Waals surface area contributed by atoms with Gasteiger partial charge in [0.25, 0.3) is 0 Å². The molecule has 5 nitrogen and oxygen atoms in total. The lowest BCUT2D eigenvalue weighted by atomic mass is 10.1. The fourth-order valence-electron chi connectivity index (χ4n) is 1.67. The summed E-state index contributed by atoms with van der Waals surface area (Å²) in [7, 11) is 0. The first-order valence-corrected chi connectivity index (χ1v) is 6.28. The molecule has 0 atom stereocenters. The number of halogens is 2. The Hall–Kier alpha value is -2.18. The number of nitrogens with one attached hydrogen (secondary N) is 1. The van der Waals surface area contributed by atoms with Gasteiger partial charge in [-0.25, -0.2) is 13.6 Å². The Kier molecular flexibility index (Phi) is 4.88. The molecule has 0 aliphatic rings. The zero-order valence-corrected chi connectivity index (χ0v) is 12.3.